The van der Waals surface area contributed by atoms with Gasteiger partial charge < -0.3 is 5.11 Å². The maximum Gasteiger partial charge on any atom is 0.118 e. The molecule has 1 atom stereocenters. The Bertz CT molecular complexity index is 631. The molecule has 3 rings (SSSR count). The highest BCUT2D eigenvalue weighted by Gasteiger charge is 2.36. The van der Waals surface area contributed by atoms with Crippen molar-refractivity contribution in [1.82, 2.24) is 0 Å². The Hall–Kier alpha value is -1.39. The lowest BCUT2D eigenvalue weighted by atomic mass is 9.80. The fraction of sp³-hybridized carbons (Fsp3) is 0.133. The minimum atomic E-state index is -0.500. The molecule has 1 N–H and O–H groups in total. The maximum absolute atomic E-state index is 9.92. The fourth-order valence-electron chi connectivity index (χ4n) is 2.36. The first-order valence-electron chi connectivity index (χ1n) is 5.93. The van der Waals surface area contributed by atoms with Gasteiger partial charge in [-0.25, -0.2) is 0 Å². The first kappa shape index (κ1) is 12.6. The lowest BCUT2D eigenvalue weighted by Crippen LogP contribution is -2.27. The quantitative estimate of drug-likeness (QED) is 0.850. The normalized spacial score (nSPS) is 22.3. The van der Waals surface area contributed by atoms with Gasteiger partial charge in [-0.15, -0.1) is 0 Å². The van der Waals surface area contributed by atoms with Gasteiger partial charge >= 0.3 is 0 Å². The second kappa shape index (κ2) is 4.94. The summed E-state index contributed by atoms with van der Waals surface area (Å²) >= 11 is 5.10. The summed E-state index contributed by atoms with van der Waals surface area (Å²) in [4.78, 5) is 4.68. The number of nitrogens with zero attached hydrogens (tertiary/aromatic N) is 1. The molecule has 96 valence electrons. The Balaban J connectivity index is 2.15. The van der Waals surface area contributed by atoms with Crippen LogP contribution in [-0.2, 0) is 5.54 Å². The zero-order valence-electron chi connectivity index (χ0n) is 10.1. The van der Waals surface area contributed by atoms with Crippen molar-refractivity contribution in [2.45, 2.75) is 12.0 Å². The molecule has 0 saturated heterocycles. The van der Waals surface area contributed by atoms with Crippen molar-refractivity contribution in [2.24, 2.45) is 4.99 Å². The Morgan fingerprint density at radius 1 is 1.16 bits per heavy atom. The lowest BCUT2D eigenvalue weighted by molar-refractivity contribution is 0.345. The number of thiophene rings is 1. The van der Waals surface area contributed by atoms with Gasteiger partial charge in [0.1, 0.15) is 5.54 Å². The third-order valence-corrected chi connectivity index (χ3v) is 4.53. The van der Waals surface area contributed by atoms with Crippen LogP contribution in [0.25, 0.3) is 0 Å². The summed E-state index contributed by atoms with van der Waals surface area (Å²) in [5, 5.41) is 14.1. The molecule has 1 aromatic heterocycles. The van der Waals surface area contributed by atoms with Crippen molar-refractivity contribution in [1.29, 1.82) is 0 Å². The van der Waals surface area contributed by atoms with Crippen LogP contribution >= 0.6 is 27.3 Å². The predicted molar refractivity (Wildman–Crippen MR) is 83.1 cm³/mol. The van der Waals surface area contributed by atoms with Crippen LogP contribution in [0.5, 0.6) is 0 Å². The first-order valence-corrected chi connectivity index (χ1v) is 7.66. The van der Waals surface area contributed by atoms with E-state index in [1.807, 2.05) is 17.5 Å². The van der Waals surface area contributed by atoms with Gasteiger partial charge in [-0.2, -0.15) is 11.3 Å². The Morgan fingerprint density at radius 2 is 1.95 bits per heavy atom. The molecule has 0 fully saturated rings. The number of aliphatic imine (C=N–C) groups is 1. The molecule has 1 aliphatic rings. The highest BCUT2D eigenvalue weighted by atomic mass is 79.9. The maximum atomic E-state index is 9.92. The van der Waals surface area contributed by atoms with Gasteiger partial charge in [0.25, 0.3) is 0 Å². The second-order valence-corrected chi connectivity index (χ2v) is 6.19. The van der Waals surface area contributed by atoms with Gasteiger partial charge in [0.15, 0.2) is 0 Å². The Labute approximate surface area is 124 Å². The largest absolute Gasteiger partial charge is 0.512 e. The van der Waals surface area contributed by atoms with Crippen LogP contribution in [0.4, 0.5) is 0 Å². The van der Waals surface area contributed by atoms with Gasteiger partial charge in [-0.3, -0.25) is 4.99 Å². The summed E-state index contributed by atoms with van der Waals surface area (Å²) in [6, 6.07) is 10.2. The summed E-state index contributed by atoms with van der Waals surface area (Å²) in [7, 11) is 0. The van der Waals surface area contributed by atoms with Gasteiger partial charge in [0.05, 0.1) is 5.76 Å². The zero-order valence-corrected chi connectivity index (χ0v) is 12.5. The van der Waals surface area contributed by atoms with Crippen LogP contribution in [0.2, 0.25) is 0 Å². The number of dihydropyridines is 1. The Morgan fingerprint density at radius 3 is 2.58 bits per heavy atom. The van der Waals surface area contributed by atoms with Crippen LogP contribution < -0.4 is 0 Å². The van der Waals surface area contributed by atoms with E-state index in [0.717, 1.165) is 15.6 Å². The molecule has 2 aromatic rings. The highest BCUT2D eigenvalue weighted by molar-refractivity contribution is 9.10. The predicted octanol–water partition coefficient (Wildman–Crippen LogP) is 4.67. The van der Waals surface area contributed by atoms with E-state index >= 15 is 0 Å². The molecule has 0 bridgehead atoms. The minimum Gasteiger partial charge on any atom is -0.512 e. The molecule has 0 aliphatic carbocycles. The van der Waals surface area contributed by atoms with Crippen molar-refractivity contribution >= 4 is 33.5 Å². The van der Waals surface area contributed by atoms with Gasteiger partial charge in [-0.1, -0.05) is 28.1 Å². The molecule has 0 amide bonds. The molecule has 2 nitrogen and oxygen atoms in total. The number of hydrogen-bond donors (Lipinski definition) is 1. The number of halogens is 1. The molecule has 2 heterocycles. The van der Waals surface area contributed by atoms with Crippen molar-refractivity contribution in [3.05, 3.63) is 68.5 Å². The van der Waals surface area contributed by atoms with Crippen LogP contribution in [0.3, 0.4) is 0 Å². The Kier molecular flexibility index (Phi) is 3.29. The molecular weight excluding hydrogens is 322 g/mol. The van der Waals surface area contributed by atoms with E-state index < -0.39 is 5.54 Å². The zero-order chi connectivity index (χ0) is 13.3. The standard InChI is InChI=1S/C15H12BrNOS/c16-13-3-1-11(2-4-13)15(12-6-8-19-10-12)9-14(18)5-7-17-15/h1-8,10,18H,9H2. The second-order valence-electron chi connectivity index (χ2n) is 4.49. The monoisotopic (exact) mass is 333 g/mol. The number of rotatable bonds is 2. The number of hydrogen-bond acceptors (Lipinski definition) is 3. The molecule has 0 spiro atoms. The molecule has 1 aliphatic heterocycles. The summed E-state index contributed by atoms with van der Waals surface area (Å²) < 4.78 is 1.04. The molecule has 0 radical (unpaired) electrons. The van der Waals surface area contributed by atoms with E-state index in [9.17, 15) is 5.11 Å². The van der Waals surface area contributed by atoms with Gasteiger partial charge in [0.2, 0.25) is 0 Å². The van der Waals surface area contributed by atoms with E-state index in [1.165, 1.54) is 0 Å². The number of aliphatic hydroxyl groups excluding tert-OH is 1. The van der Waals surface area contributed by atoms with Crippen molar-refractivity contribution in [3.8, 4) is 0 Å². The summed E-state index contributed by atoms with van der Waals surface area (Å²) in [6.45, 7) is 0. The molecule has 1 unspecified atom stereocenters. The summed E-state index contributed by atoms with van der Waals surface area (Å²) in [5.41, 5.74) is 1.71. The molecule has 1 aromatic carbocycles. The summed E-state index contributed by atoms with van der Waals surface area (Å²) in [5.74, 6) is 0.365. The van der Waals surface area contributed by atoms with E-state index in [4.69, 9.17) is 0 Å². The van der Waals surface area contributed by atoms with Crippen LogP contribution in [-0.4, -0.2) is 11.3 Å². The van der Waals surface area contributed by atoms with Crippen molar-refractivity contribution in [2.75, 3.05) is 0 Å². The average molecular weight is 334 g/mol. The van der Waals surface area contributed by atoms with Crippen LogP contribution in [0, 0.1) is 0 Å². The number of benzene rings is 1. The smallest absolute Gasteiger partial charge is 0.118 e. The van der Waals surface area contributed by atoms with Crippen LogP contribution in [0.15, 0.2) is 62.4 Å². The number of aliphatic hydroxyl groups is 1. The number of allylic oxidation sites excluding steroid dienone is 1. The first-order chi connectivity index (χ1) is 9.21. The molecule has 0 saturated carbocycles. The van der Waals surface area contributed by atoms with E-state index in [2.05, 4.69) is 44.5 Å². The molecule has 19 heavy (non-hydrogen) atoms. The van der Waals surface area contributed by atoms with E-state index in [-0.39, 0.29) is 0 Å². The van der Waals surface area contributed by atoms with Crippen molar-refractivity contribution < 1.29 is 5.11 Å². The van der Waals surface area contributed by atoms with Gasteiger partial charge in [-0.05, 0) is 46.2 Å². The topological polar surface area (TPSA) is 32.6 Å². The fourth-order valence-corrected chi connectivity index (χ4v) is 3.35. The third-order valence-electron chi connectivity index (χ3n) is 3.32. The molecule has 4 heteroatoms. The lowest BCUT2D eigenvalue weighted by Gasteiger charge is -2.31. The molecular formula is C15H12BrNOS. The average Bonchev–Trinajstić information content (AvgIpc) is 2.93. The van der Waals surface area contributed by atoms with Crippen molar-refractivity contribution in [3.63, 3.8) is 0 Å². The summed E-state index contributed by atoms with van der Waals surface area (Å²) in [6.07, 6.45) is 3.85. The minimum absolute atomic E-state index is 0.365. The van der Waals surface area contributed by atoms with Gasteiger partial charge in [0, 0.05) is 17.1 Å². The van der Waals surface area contributed by atoms with Crippen LogP contribution in [0.1, 0.15) is 17.5 Å². The SMILES string of the molecule is OC1=CC=NC(c2ccc(Br)cc2)(c2ccsc2)C1. The highest BCUT2D eigenvalue weighted by Crippen LogP contribution is 2.41. The third kappa shape index (κ3) is 2.26. The van der Waals surface area contributed by atoms with E-state index in [0.29, 0.717) is 12.2 Å². The van der Waals surface area contributed by atoms with E-state index in [1.54, 1.807) is 23.6 Å².